The number of hydrogen-bond acceptors (Lipinski definition) is 4. The number of benzene rings is 1. The van der Waals surface area contributed by atoms with E-state index in [0.29, 0.717) is 12.1 Å². The molecule has 8 heteroatoms. The molecule has 4 N–H and O–H groups in total. The number of nitrogens with two attached hydrogens (primary N) is 1. The van der Waals surface area contributed by atoms with Gasteiger partial charge in [0.05, 0.1) is 4.90 Å². The van der Waals surface area contributed by atoms with Crippen LogP contribution in [0, 0.1) is 0 Å². The smallest absolute Gasteiger partial charge is 0.238 e. The van der Waals surface area contributed by atoms with Crippen LogP contribution in [-0.2, 0) is 14.8 Å². The van der Waals surface area contributed by atoms with Crippen molar-refractivity contribution in [3.63, 3.8) is 0 Å². The van der Waals surface area contributed by atoms with Gasteiger partial charge < -0.3 is 10.6 Å². The molecule has 0 aliphatic carbocycles. The van der Waals surface area contributed by atoms with Crippen LogP contribution >= 0.6 is 12.2 Å². The minimum atomic E-state index is -3.71. The second-order valence-corrected chi connectivity index (χ2v) is 6.50. The average molecular weight is 329 g/mol. The van der Waals surface area contributed by atoms with Crippen LogP contribution < -0.4 is 15.8 Å². The Bertz CT molecular complexity index is 598. The molecule has 0 saturated heterocycles. The summed E-state index contributed by atoms with van der Waals surface area (Å²) < 4.78 is 22.2. The summed E-state index contributed by atoms with van der Waals surface area (Å²) in [6.07, 6.45) is 3.31. The van der Waals surface area contributed by atoms with E-state index in [9.17, 15) is 13.2 Å². The van der Waals surface area contributed by atoms with Gasteiger partial charge in [-0.15, -0.1) is 0 Å². The second-order valence-electron chi connectivity index (χ2n) is 4.53. The van der Waals surface area contributed by atoms with Gasteiger partial charge in [0.1, 0.15) is 0 Å². The van der Waals surface area contributed by atoms with Crippen molar-refractivity contribution in [2.24, 2.45) is 5.14 Å². The maximum absolute atomic E-state index is 11.6. The van der Waals surface area contributed by atoms with E-state index in [4.69, 9.17) is 17.4 Å². The fraction of sp³-hybridized carbons (Fsp3) is 0.385. The number of thiocarbonyl (C=S) groups is 1. The summed E-state index contributed by atoms with van der Waals surface area (Å²) in [7, 11) is -3.71. The van der Waals surface area contributed by atoms with Crippen molar-refractivity contribution in [1.82, 2.24) is 5.32 Å². The van der Waals surface area contributed by atoms with E-state index in [1.54, 1.807) is 0 Å². The zero-order chi connectivity index (χ0) is 15.9. The summed E-state index contributed by atoms with van der Waals surface area (Å²) in [5.41, 5.74) is 0.571. The zero-order valence-corrected chi connectivity index (χ0v) is 13.4. The van der Waals surface area contributed by atoms with Crippen molar-refractivity contribution >= 4 is 38.9 Å². The van der Waals surface area contributed by atoms with Gasteiger partial charge in [-0.1, -0.05) is 19.8 Å². The standard InChI is InChI=1S/C13H19N3O3S2/c1-2-3-4-5-12(17)16-13(20)15-10-6-8-11(9-7-10)21(14,18)19/h6-9H,2-5H2,1H3,(H2,14,18,19)(H2,15,16,17,20). The van der Waals surface area contributed by atoms with E-state index in [1.807, 2.05) is 0 Å². The van der Waals surface area contributed by atoms with E-state index in [0.717, 1.165) is 19.3 Å². The van der Waals surface area contributed by atoms with E-state index in [2.05, 4.69) is 17.6 Å². The molecule has 0 bridgehead atoms. The molecular formula is C13H19N3O3S2. The number of hydrogen-bond donors (Lipinski definition) is 3. The Hall–Kier alpha value is -1.51. The number of anilines is 1. The summed E-state index contributed by atoms with van der Waals surface area (Å²) in [6.45, 7) is 2.06. The first-order chi connectivity index (χ1) is 9.82. The number of sulfonamides is 1. The summed E-state index contributed by atoms with van der Waals surface area (Å²) in [5, 5.41) is 10.6. The molecule has 0 aliphatic heterocycles. The summed E-state index contributed by atoms with van der Waals surface area (Å²) in [5.74, 6) is -0.137. The summed E-state index contributed by atoms with van der Waals surface area (Å²) in [4.78, 5) is 11.6. The fourth-order valence-corrected chi connectivity index (χ4v) is 2.36. The van der Waals surface area contributed by atoms with E-state index < -0.39 is 10.0 Å². The van der Waals surface area contributed by atoms with Gasteiger partial charge in [-0.25, -0.2) is 13.6 Å². The Morgan fingerprint density at radius 3 is 2.38 bits per heavy atom. The molecule has 1 amide bonds. The van der Waals surface area contributed by atoms with Gasteiger partial charge in [0.15, 0.2) is 5.11 Å². The molecule has 6 nitrogen and oxygen atoms in total. The van der Waals surface area contributed by atoms with Gasteiger partial charge in [0, 0.05) is 12.1 Å². The number of carbonyl (C=O) groups excluding carboxylic acids is 1. The van der Waals surface area contributed by atoms with Crippen LogP contribution in [0.4, 0.5) is 5.69 Å². The highest BCUT2D eigenvalue weighted by Crippen LogP contribution is 2.12. The lowest BCUT2D eigenvalue weighted by Gasteiger charge is -2.09. The fourth-order valence-electron chi connectivity index (χ4n) is 1.61. The van der Waals surface area contributed by atoms with Crippen molar-refractivity contribution in [2.75, 3.05) is 5.32 Å². The third-order valence-electron chi connectivity index (χ3n) is 2.70. The van der Waals surface area contributed by atoms with Crippen LogP contribution in [0.15, 0.2) is 29.2 Å². The molecule has 0 aromatic heterocycles. The molecule has 0 radical (unpaired) electrons. The lowest BCUT2D eigenvalue weighted by atomic mass is 10.2. The maximum Gasteiger partial charge on any atom is 0.238 e. The molecule has 1 rings (SSSR count). The van der Waals surface area contributed by atoms with Gasteiger partial charge in [0.25, 0.3) is 0 Å². The lowest BCUT2D eigenvalue weighted by molar-refractivity contribution is -0.119. The van der Waals surface area contributed by atoms with Crippen molar-refractivity contribution in [2.45, 2.75) is 37.5 Å². The number of nitrogens with one attached hydrogen (secondary N) is 2. The number of unbranched alkanes of at least 4 members (excludes halogenated alkanes) is 2. The predicted molar refractivity (Wildman–Crippen MR) is 86.3 cm³/mol. The van der Waals surface area contributed by atoms with Crippen LogP contribution in [0.25, 0.3) is 0 Å². The highest BCUT2D eigenvalue weighted by molar-refractivity contribution is 7.89. The van der Waals surface area contributed by atoms with E-state index in [1.165, 1.54) is 24.3 Å². The monoisotopic (exact) mass is 329 g/mol. The number of rotatable bonds is 6. The van der Waals surface area contributed by atoms with Crippen molar-refractivity contribution < 1.29 is 13.2 Å². The van der Waals surface area contributed by atoms with E-state index in [-0.39, 0.29) is 15.9 Å². The van der Waals surface area contributed by atoms with Gasteiger partial charge in [-0.2, -0.15) is 0 Å². The van der Waals surface area contributed by atoms with Crippen molar-refractivity contribution in [1.29, 1.82) is 0 Å². The van der Waals surface area contributed by atoms with Crippen molar-refractivity contribution in [3.05, 3.63) is 24.3 Å². The van der Waals surface area contributed by atoms with Gasteiger partial charge >= 0.3 is 0 Å². The Kier molecular flexibility index (Phi) is 6.73. The van der Waals surface area contributed by atoms with Gasteiger partial charge in [0.2, 0.25) is 15.9 Å². The molecule has 0 unspecified atom stereocenters. The summed E-state index contributed by atoms with van der Waals surface area (Å²) in [6, 6.07) is 5.78. The van der Waals surface area contributed by atoms with E-state index >= 15 is 0 Å². The quantitative estimate of drug-likeness (QED) is 0.545. The Labute approximate surface area is 130 Å². The molecule has 0 atom stereocenters. The van der Waals surface area contributed by atoms with Crippen LogP contribution in [0.5, 0.6) is 0 Å². The minimum Gasteiger partial charge on any atom is -0.332 e. The van der Waals surface area contributed by atoms with Gasteiger partial charge in [-0.05, 0) is 42.9 Å². The zero-order valence-electron chi connectivity index (χ0n) is 11.8. The largest absolute Gasteiger partial charge is 0.332 e. The van der Waals surface area contributed by atoms with Gasteiger partial charge in [-0.3, -0.25) is 4.79 Å². The molecule has 0 spiro atoms. The molecule has 21 heavy (non-hydrogen) atoms. The molecule has 1 aromatic carbocycles. The Balaban J connectivity index is 2.50. The van der Waals surface area contributed by atoms with Crippen LogP contribution in [0.1, 0.15) is 32.6 Å². The Morgan fingerprint density at radius 2 is 1.86 bits per heavy atom. The third kappa shape index (κ3) is 6.65. The van der Waals surface area contributed by atoms with Crippen LogP contribution in [0.3, 0.4) is 0 Å². The SMILES string of the molecule is CCCCCC(=O)NC(=S)Nc1ccc(S(N)(=O)=O)cc1. The van der Waals surface area contributed by atoms with Crippen LogP contribution in [-0.4, -0.2) is 19.4 Å². The maximum atomic E-state index is 11.6. The molecule has 1 aromatic rings. The molecular weight excluding hydrogens is 310 g/mol. The predicted octanol–water partition coefficient (Wildman–Crippen LogP) is 1.73. The number of carbonyl (C=O) groups is 1. The molecule has 0 aliphatic rings. The summed E-state index contributed by atoms with van der Waals surface area (Å²) >= 11 is 5.01. The normalized spacial score (nSPS) is 11.0. The van der Waals surface area contributed by atoms with Crippen LogP contribution in [0.2, 0.25) is 0 Å². The minimum absolute atomic E-state index is 0.0163. The topological polar surface area (TPSA) is 101 Å². The first-order valence-electron chi connectivity index (χ1n) is 6.56. The highest BCUT2D eigenvalue weighted by atomic mass is 32.2. The first kappa shape index (κ1) is 17.5. The molecule has 0 saturated carbocycles. The highest BCUT2D eigenvalue weighted by Gasteiger charge is 2.08. The number of primary sulfonamides is 1. The molecule has 0 heterocycles. The second kappa shape index (κ2) is 8.06. The van der Waals surface area contributed by atoms with Crippen molar-refractivity contribution in [3.8, 4) is 0 Å². The lowest BCUT2D eigenvalue weighted by Crippen LogP contribution is -2.33. The first-order valence-corrected chi connectivity index (χ1v) is 8.52. The molecule has 0 fully saturated rings. The third-order valence-corrected chi connectivity index (χ3v) is 3.83. The average Bonchev–Trinajstić information content (AvgIpc) is 2.38. The number of amides is 1. The Morgan fingerprint density at radius 1 is 1.24 bits per heavy atom. The molecule has 116 valence electrons.